The van der Waals surface area contributed by atoms with Gasteiger partial charge >= 0.3 is 6.18 Å². The van der Waals surface area contributed by atoms with E-state index in [1.165, 1.54) is 0 Å². The molecule has 56 valence electrons. The van der Waals surface area contributed by atoms with Crippen LogP contribution in [0.2, 0.25) is 0 Å². The standard InChI is InChI=1S/C6H4F4/c1-2-3-5(7)4-6(8,9)10/h3-4H,1H2. The minimum Gasteiger partial charge on any atom is -0.206 e. The topological polar surface area (TPSA) is 0 Å². The van der Waals surface area contributed by atoms with Crippen molar-refractivity contribution in [1.82, 2.24) is 0 Å². The molecule has 0 aromatic heterocycles. The summed E-state index contributed by atoms with van der Waals surface area (Å²) in [4.78, 5) is 0. The average molecular weight is 152 g/mol. The highest BCUT2D eigenvalue weighted by Gasteiger charge is 2.24. The monoisotopic (exact) mass is 152 g/mol. The lowest BCUT2D eigenvalue weighted by Crippen LogP contribution is -2.01. The van der Waals surface area contributed by atoms with Gasteiger partial charge in [0.15, 0.2) is 0 Å². The molecule has 0 rings (SSSR count). The van der Waals surface area contributed by atoms with Crippen LogP contribution in [0.25, 0.3) is 0 Å². The maximum absolute atomic E-state index is 11.9. The van der Waals surface area contributed by atoms with Crippen molar-refractivity contribution in [3.05, 3.63) is 30.3 Å². The lowest BCUT2D eigenvalue weighted by Gasteiger charge is -1.95. The average Bonchev–Trinajstić information content (AvgIpc) is 1.59. The second kappa shape index (κ2) is 3.22. The first-order valence-electron chi connectivity index (χ1n) is 2.26. The third kappa shape index (κ3) is 5.12. The molecule has 0 bridgehead atoms. The molecular weight excluding hydrogens is 148 g/mol. The number of hydrogen-bond donors (Lipinski definition) is 0. The predicted octanol–water partition coefficient (Wildman–Crippen LogP) is 2.74. The molecule has 10 heavy (non-hydrogen) atoms. The Morgan fingerprint density at radius 2 is 1.90 bits per heavy atom. The number of hydrogen-bond acceptors (Lipinski definition) is 0. The normalized spacial score (nSPS) is 12.6. The van der Waals surface area contributed by atoms with Gasteiger partial charge in [0.25, 0.3) is 0 Å². The van der Waals surface area contributed by atoms with E-state index in [9.17, 15) is 17.6 Å². The van der Waals surface area contributed by atoms with Crippen LogP contribution in [0.3, 0.4) is 0 Å². The van der Waals surface area contributed by atoms with E-state index in [-0.39, 0.29) is 0 Å². The molecule has 0 atom stereocenters. The zero-order valence-electron chi connectivity index (χ0n) is 4.87. The summed E-state index contributed by atoms with van der Waals surface area (Å²) in [5.41, 5.74) is 1.87. The summed E-state index contributed by atoms with van der Waals surface area (Å²) in [7, 11) is 0. The highest BCUT2D eigenvalue weighted by atomic mass is 19.4. The van der Waals surface area contributed by atoms with E-state index in [2.05, 4.69) is 6.58 Å². The van der Waals surface area contributed by atoms with E-state index in [1.807, 2.05) is 5.73 Å². The molecule has 0 fully saturated rings. The van der Waals surface area contributed by atoms with Gasteiger partial charge in [0.05, 0.1) is 6.08 Å². The molecule has 0 amide bonds. The molecule has 0 aliphatic rings. The molecule has 0 spiro atoms. The van der Waals surface area contributed by atoms with Gasteiger partial charge in [-0.25, -0.2) is 4.39 Å². The maximum atomic E-state index is 11.9. The zero-order chi connectivity index (χ0) is 8.20. The third-order valence-electron chi connectivity index (χ3n) is 0.542. The molecule has 4 heteroatoms. The molecule has 0 unspecified atom stereocenters. The SMILES string of the molecule is C=C=CC(F)=CC(F)(F)F. The van der Waals surface area contributed by atoms with Gasteiger partial charge < -0.3 is 0 Å². The van der Waals surface area contributed by atoms with E-state index in [1.54, 1.807) is 0 Å². The molecule has 0 heterocycles. The van der Waals surface area contributed by atoms with Crippen molar-refractivity contribution in [2.45, 2.75) is 6.18 Å². The van der Waals surface area contributed by atoms with E-state index >= 15 is 0 Å². The number of rotatable bonds is 1. The summed E-state index contributed by atoms with van der Waals surface area (Å²) < 4.78 is 45.6. The fraction of sp³-hybridized carbons (Fsp3) is 0.167. The highest BCUT2D eigenvalue weighted by molar-refractivity contribution is 5.11. The summed E-state index contributed by atoms with van der Waals surface area (Å²) in [5.74, 6) is -1.40. The summed E-state index contributed by atoms with van der Waals surface area (Å²) in [6.07, 6.45) is -4.57. The van der Waals surface area contributed by atoms with E-state index < -0.39 is 18.1 Å². The Kier molecular flexibility index (Phi) is 2.90. The quantitative estimate of drug-likeness (QED) is 0.308. The molecule has 0 aromatic carbocycles. The maximum Gasteiger partial charge on any atom is 0.412 e. The summed E-state index contributed by atoms with van der Waals surface area (Å²) in [6.45, 7) is 2.90. The fourth-order valence-corrected chi connectivity index (χ4v) is 0.296. The molecule has 0 N–H and O–H groups in total. The Morgan fingerprint density at radius 3 is 2.20 bits per heavy atom. The van der Waals surface area contributed by atoms with Crippen LogP contribution in [0, 0.1) is 0 Å². The predicted molar refractivity (Wildman–Crippen MR) is 29.0 cm³/mol. The smallest absolute Gasteiger partial charge is 0.206 e. The molecule has 0 radical (unpaired) electrons. The Labute approximate surface area is 55.2 Å². The van der Waals surface area contributed by atoms with Crippen LogP contribution < -0.4 is 0 Å². The number of halogens is 4. The minimum absolute atomic E-state index is 0.467. The van der Waals surface area contributed by atoms with E-state index in [0.717, 1.165) is 0 Å². The molecule has 0 saturated heterocycles. The van der Waals surface area contributed by atoms with Gasteiger partial charge in [-0.1, -0.05) is 6.58 Å². The van der Waals surface area contributed by atoms with Gasteiger partial charge in [-0.2, -0.15) is 13.2 Å². The van der Waals surface area contributed by atoms with Crippen LogP contribution in [0.5, 0.6) is 0 Å². The fourth-order valence-electron chi connectivity index (χ4n) is 0.296. The van der Waals surface area contributed by atoms with Crippen LogP contribution in [-0.4, -0.2) is 6.18 Å². The first-order chi connectivity index (χ1) is 4.45. The summed E-state index contributed by atoms with van der Waals surface area (Å²) >= 11 is 0. The zero-order valence-corrected chi connectivity index (χ0v) is 4.87. The molecule has 0 nitrogen and oxygen atoms in total. The first-order valence-corrected chi connectivity index (χ1v) is 2.26. The van der Waals surface area contributed by atoms with Crippen LogP contribution >= 0.6 is 0 Å². The Morgan fingerprint density at radius 1 is 1.40 bits per heavy atom. The van der Waals surface area contributed by atoms with Crippen molar-refractivity contribution in [2.24, 2.45) is 0 Å². The first kappa shape index (κ1) is 8.98. The van der Waals surface area contributed by atoms with Crippen LogP contribution in [0.15, 0.2) is 30.3 Å². The van der Waals surface area contributed by atoms with Crippen molar-refractivity contribution in [3.63, 3.8) is 0 Å². The Balaban J connectivity index is 4.31. The lowest BCUT2D eigenvalue weighted by molar-refractivity contribution is -0.0811. The molecule has 0 aliphatic carbocycles. The van der Waals surface area contributed by atoms with Gasteiger partial charge in [-0.15, -0.1) is 5.73 Å². The number of alkyl halides is 3. The van der Waals surface area contributed by atoms with E-state index in [4.69, 9.17) is 0 Å². The molecule has 0 aliphatic heterocycles. The van der Waals surface area contributed by atoms with Crippen molar-refractivity contribution in [1.29, 1.82) is 0 Å². The largest absolute Gasteiger partial charge is 0.412 e. The molecular formula is C6H4F4. The van der Waals surface area contributed by atoms with Gasteiger partial charge in [0, 0.05) is 6.08 Å². The third-order valence-corrected chi connectivity index (χ3v) is 0.542. The summed E-state index contributed by atoms with van der Waals surface area (Å²) in [6, 6.07) is 0. The summed E-state index contributed by atoms with van der Waals surface area (Å²) in [5, 5.41) is 0. The van der Waals surface area contributed by atoms with Crippen molar-refractivity contribution in [2.75, 3.05) is 0 Å². The van der Waals surface area contributed by atoms with Crippen molar-refractivity contribution >= 4 is 0 Å². The van der Waals surface area contributed by atoms with Crippen LogP contribution in [-0.2, 0) is 0 Å². The number of allylic oxidation sites excluding steroid dienone is 3. The highest BCUT2D eigenvalue weighted by Crippen LogP contribution is 2.19. The Bertz CT molecular complexity index is 180. The molecule has 0 saturated carbocycles. The second-order valence-corrected chi connectivity index (χ2v) is 1.42. The van der Waals surface area contributed by atoms with Crippen LogP contribution in [0.4, 0.5) is 17.6 Å². The molecule has 0 aromatic rings. The lowest BCUT2D eigenvalue weighted by atomic mass is 10.4. The minimum atomic E-state index is -4.61. The van der Waals surface area contributed by atoms with Gasteiger partial charge in [-0.3, -0.25) is 0 Å². The van der Waals surface area contributed by atoms with Gasteiger partial charge in [0.2, 0.25) is 0 Å². The van der Waals surface area contributed by atoms with Gasteiger partial charge in [-0.05, 0) is 0 Å². The van der Waals surface area contributed by atoms with Crippen molar-refractivity contribution in [3.8, 4) is 0 Å². The Hall–Kier alpha value is -1.02. The second-order valence-electron chi connectivity index (χ2n) is 1.42. The van der Waals surface area contributed by atoms with Gasteiger partial charge in [0.1, 0.15) is 5.83 Å². The van der Waals surface area contributed by atoms with Crippen LogP contribution in [0.1, 0.15) is 0 Å². The van der Waals surface area contributed by atoms with E-state index in [0.29, 0.717) is 6.08 Å². The van der Waals surface area contributed by atoms with Crippen molar-refractivity contribution < 1.29 is 17.6 Å².